The summed E-state index contributed by atoms with van der Waals surface area (Å²) in [4.78, 5) is 0. The van der Waals surface area contributed by atoms with Gasteiger partial charge in [-0.2, -0.15) is 0 Å². The molecule has 0 amide bonds. The van der Waals surface area contributed by atoms with Crippen LogP contribution in [0.1, 0.15) is 6.42 Å². The van der Waals surface area contributed by atoms with E-state index in [1.54, 1.807) is 0 Å². The zero-order valence-electron chi connectivity index (χ0n) is 25.5. The highest BCUT2D eigenvalue weighted by molar-refractivity contribution is 7.81. The Balaban J connectivity index is 1.26. The molecule has 0 saturated carbocycles. The van der Waals surface area contributed by atoms with Crippen LogP contribution in [0.3, 0.4) is 0 Å². The summed E-state index contributed by atoms with van der Waals surface area (Å²) in [6.07, 6.45) is -29.6. The third-order valence-electron chi connectivity index (χ3n) is 9.43. The van der Waals surface area contributed by atoms with Gasteiger partial charge in [0.15, 0.2) is 24.8 Å². The van der Waals surface area contributed by atoms with Gasteiger partial charge in [0.2, 0.25) is 20.8 Å². The number of aliphatic hydroxyl groups excluding tert-OH is 6. The van der Waals surface area contributed by atoms with Crippen LogP contribution in [-0.2, 0) is 72.2 Å². The van der Waals surface area contributed by atoms with Crippen LogP contribution in [-0.4, -0.2) is 193 Å². The normalized spacial score (nSPS) is 49.7. The second-order valence-corrected chi connectivity index (χ2v) is 14.6. The van der Waals surface area contributed by atoms with Crippen LogP contribution in [0.5, 0.6) is 0 Å². The lowest BCUT2D eigenvalue weighted by Gasteiger charge is -2.48. The van der Waals surface area contributed by atoms with Crippen molar-refractivity contribution in [2.45, 2.75) is 117 Å². The molecule has 0 aliphatic carbocycles. The van der Waals surface area contributed by atoms with Crippen molar-refractivity contribution < 1.29 is 108 Å². The second-order valence-electron chi connectivity index (χ2n) is 12.5. The summed E-state index contributed by atoms with van der Waals surface area (Å²) < 4.78 is 125. The van der Waals surface area contributed by atoms with E-state index in [-0.39, 0.29) is 13.0 Å². The number of ether oxygens (including phenoxy) is 8. The fraction of sp³-hybridized carbons (Fsp3) is 0.960. The third-order valence-corrected chi connectivity index (χ3v) is 10.3. The molecule has 6 heterocycles. The Labute approximate surface area is 284 Å². The molecule has 6 rings (SSSR count). The van der Waals surface area contributed by atoms with Crippen LogP contribution >= 0.6 is 0 Å². The van der Waals surface area contributed by atoms with Crippen molar-refractivity contribution in [3.63, 3.8) is 0 Å². The highest BCUT2D eigenvalue weighted by Gasteiger charge is 2.59. The van der Waals surface area contributed by atoms with E-state index in [4.69, 9.17) is 37.9 Å². The van der Waals surface area contributed by atoms with Crippen LogP contribution in [0.2, 0.25) is 0 Å². The SMILES string of the molecule is [O][C@H]1[C@@H](O)[C@@H](CO)O[C@@H](O[C@@H]2[C@@H]3OC[C@@H]2O[C@H](O[C@@H]2[C@@H](O)[C@H](C[C@@H]4[C@@H]5OC[C@@H]4O[CH][C@@H]5O)O[C@H](CO)[C@@H]2OS(=O)(=O)[O-])[C@@H]3OS(=O)(=O)[O-])[C@@H]1O. The minimum Gasteiger partial charge on any atom is -0.726 e. The molecule has 0 aromatic heterocycles. The van der Waals surface area contributed by atoms with Gasteiger partial charge in [-0.3, -0.25) is 8.37 Å². The van der Waals surface area contributed by atoms with Gasteiger partial charge < -0.3 is 77.6 Å². The van der Waals surface area contributed by atoms with Gasteiger partial charge in [-0.1, -0.05) is 0 Å². The molecule has 19 atom stereocenters. The number of aliphatic hydroxyl groups is 6. The lowest BCUT2D eigenvalue weighted by Crippen LogP contribution is -2.65. The first-order valence-electron chi connectivity index (χ1n) is 15.4. The van der Waals surface area contributed by atoms with Gasteiger partial charge in [-0.15, -0.1) is 0 Å². The molecule has 25 heteroatoms. The number of hydrogen-bond acceptors (Lipinski definition) is 22. The molecule has 6 saturated heterocycles. The monoisotopic (exact) mass is 768 g/mol. The number of hydrogen-bond donors (Lipinski definition) is 6. The van der Waals surface area contributed by atoms with E-state index in [0.29, 0.717) is 0 Å². The Bertz CT molecular complexity index is 1380. The summed E-state index contributed by atoms with van der Waals surface area (Å²) in [5, 5.41) is 74.1. The number of rotatable bonds is 12. The Morgan fingerprint density at radius 1 is 0.680 bits per heavy atom. The van der Waals surface area contributed by atoms with E-state index in [2.05, 4.69) is 8.37 Å². The standard InChI is InChI=1S/C25H38O23S2/c26-2-10-14(29)16(31)17(32)24(43-10)45-19-13-6-41-22(19)23(48-50(36,37)38)25(44-13)46-21-15(30)9(42-11(3-27)20(21)47-49(33,34)35)1-7-12-5-40-18(7)8(28)4-39-12/h4,7-30,32H,1-3,5-6H2,(H,33,34,35)(H,36,37,38)/p-2/t7-,8-,9-,10+,11+,12-,13-,14-,15-,16-,17+,18-,19-,20-,21+,22-,23+,24-,25+/m0/s1. The van der Waals surface area contributed by atoms with Crippen molar-refractivity contribution in [2.24, 2.45) is 5.92 Å². The molecule has 23 nitrogen and oxygen atoms in total. The van der Waals surface area contributed by atoms with Crippen LogP contribution in [0.25, 0.3) is 0 Å². The number of fused-ring (bicyclic) bond motifs is 4. The third kappa shape index (κ3) is 7.98. The van der Waals surface area contributed by atoms with Crippen LogP contribution in [0.15, 0.2) is 0 Å². The molecule has 288 valence electrons. The van der Waals surface area contributed by atoms with E-state index < -0.39 is 157 Å². The molecular weight excluding hydrogens is 732 g/mol. The topological polar surface area (TPSA) is 348 Å². The van der Waals surface area contributed by atoms with E-state index >= 15 is 0 Å². The Morgan fingerprint density at radius 2 is 1.30 bits per heavy atom. The Morgan fingerprint density at radius 3 is 1.96 bits per heavy atom. The first-order valence-corrected chi connectivity index (χ1v) is 18.0. The summed E-state index contributed by atoms with van der Waals surface area (Å²) in [6.45, 7) is -1.02. The molecule has 6 aliphatic rings. The van der Waals surface area contributed by atoms with Crippen molar-refractivity contribution in [2.75, 3.05) is 26.4 Å². The quantitative estimate of drug-likeness (QED) is 0.0793. The maximum atomic E-state index is 12.4. The summed E-state index contributed by atoms with van der Waals surface area (Å²) in [6, 6.07) is 0. The van der Waals surface area contributed by atoms with Crippen molar-refractivity contribution >= 4 is 20.8 Å². The van der Waals surface area contributed by atoms with Crippen LogP contribution in [0.4, 0.5) is 0 Å². The van der Waals surface area contributed by atoms with E-state index in [1.807, 2.05) is 0 Å². The van der Waals surface area contributed by atoms with E-state index in [0.717, 1.165) is 0 Å². The molecule has 6 aliphatic heterocycles. The van der Waals surface area contributed by atoms with Gasteiger partial charge in [0.25, 0.3) is 0 Å². The van der Waals surface area contributed by atoms with Gasteiger partial charge in [0, 0.05) is 5.92 Å². The zero-order chi connectivity index (χ0) is 36.3. The maximum Gasteiger partial charge on any atom is 0.218 e. The fourth-order valence-corrected chi connectivity index (χ4v) is 8.10. The summed E-state index contributed by atoms with van der Waals surface area (Å²) in [5.74, 6) is -0.609. The minimum atomic E-state index is -5.63. The molecule has 0 aromatic rings. The fourth-order valence-electron chi connectivity index (χ4n) is 7.12. The molecule has 0 spiro atoms. The lowest BCUT2D eigenvalue weighted by molar-refractivity contribution is -0.353. The predicted octanol–water partition coefficient (Wildman–Crippen LogP) is -6.74. The highest BCUT2D eigenvalue weighted by atomic mass is 32.3. The molecule has 0 aromatic carbocycles. The highest BCUT2D eigenvalue weighted by Crippen LogP contribution is 2.42. The van der Waals surface area contributed by atoms with Crippen LogP contribution in [0, 0.1) is 12.5 Å². The minimum absolute atomic E-state index is 0.0689. The molecule has 50 heavy (non-hydrogen) atoms. The smallest absolute Gasteiger partial charge is 0.218 e. The average Bonchev–Trinajstić information content (AvgIpc) is 3.50. The maximum absolute atomic E-state index is 12.4. The van der Waals surface area contributed by atoms with Gasteiger partial charge in [-0.25, -0.2) is 21.9 Å². The van der Waals surface area contributed by atoms with E-state index in [1.165, 1.54) is 6.61 Å². The molecule has 4 bridgehead atoms. The summed E-state index contributed by atoms with van der Waals surface area (Å²) >= 11 is 0. The first kappa shape index (κ1) is 38.9. The Kier molecular flexibility index (Phi) is 11.7. The van der Waals surface area contributed by atoms with Gasteiger partial charge in [0.1, 0.15) is 73.8 Å². The molecular formula is C25H36O23S2-2. The van der Waals surface area contributed by atoms with Gasteiger partial charge >= 0.3 is 0 Å². The zero-order valence-corrected chi connectivity index (χ0v) is 27.2. The average molecular weight is 769 g/mol. The van der Waals surface area contributed by atoms with Gasteiger partial charge in [0.05, 0.1) is 44.7 Å². The molecule has 0 unspecified atom stereocenters. The molecule has 6 N–H and O–H groups in total. The summed E-state index contributed by atoms with van der Waals surface area (Å²) in [7, 11) is -11.2. The van der Waals surface area contributed by atoms with E-state index in [9.17, 15) is 61.7 Å². The Hall–Kier alpha value is -0.860. The largest absolute Gasteiger partial charge is 0.726 e. The lowest BCUT2D eigenvalue weighted by atomic mass is 9.83. The van der Waals surface area contributed by atoms with Crippen molar-refractivity contribution in [1.29, 1.82) is 0 Å². The van der Waals surface area contributed by atoms with Crippen molar-refractivity contribution in [3.05, 3.63) is 6.61 Å². The van der Waals surface area contributed by atoms with Crippen LogP contribution < -0.4 is 0 Å². The first-order chi connectivity index (χ1) is 23.5. The molecule has 2 radical (unpaired) electrons. The summed E-state index contributed by atoms with van der Waals surface area (Å²) in [5.41, 5.74) is 0. The second kappa shape index (κ2) is 15.1. The van der Waals surface area contributed by atoms with Crippen molar-refractivity contribution in [1.82, 2.24) is 0 Å². The van der Waals surface area contributed by atoms with Crippen molar-refractivity contribution in [3.8, 4) is 0 Å². The van der Waals surface area contributed by atoms with Gasteiger partial charge in [-0.05, 0) is 6.42 Å². The molecule has 6 fully saturated rings. The predicted molar refractivity (Wildman–Crippen MR) is 144 cm³/mol.